The van der Waals surface area contributed by atoms with Crippen LogP contribution in [0.5, 0.6) is 0 Å². The van der Waals surface area contributed by atoms with Crippen LogP contribution in [-0.4, -0.2) is 126 Å². The number of carbonyl (C=O) groups is 4. The molecule has 6 aliphatic rings. The summed E-state index contributed by atoms with van der Waals surface area (Å²) in [5.41, 5.74) is 1.08. The first-order valence-electron chi connectivity index (χ1n) is 23.0. The van der Waals surface area contributed by atoms with Gasteiger partial charge in [0.2, 0.25) is 62.7 Å². The molecule has 1 atom stereocenters. The van der Waals surface area contributed by atoms with E-state index in [1.54, 1.807) is 18.3 Å². The normalized spacial score (nSPS) is 15.9. The fourth-order valence-corrected chi connectivity index (χ4v) is 13.5. The zero-order valence-electron chi connectivity index (χ0n) is 43.1. The van der Waals surface area contributed by atoms with Gasteiger partial charge in [-0.3, -0.25) is 45.5 Å². The van der Waals surface area contributed by atoms with E-state index in [1.165, 1.54) is 72.8 Å². The van der Waals surface area contributed by atoms with Crippen LogP contribution >= 0.6 is 0 Å². The molecule has 0 fully saturated rings. The zero-order valence-corrected chi connectivity index (χ0v) is 57.8. The summed E-state index contributed by atoms with van der Waals surface area (Å²) in [6.07, 6.45) is 7.88. The number of aromatic nitrogens is 2. The molecule has 0 amide bonds. The molecule has 6 aromatic rings. The van der Waals surface area contributed by atoms with Crippen molar-refractivity contribution >= 4 is 120 Å². The van der Waals surface area contributed by atoms with Crippen LogP contribution in [0.2, 0.25) is 0 Å². The van der Waals surface area contributed by atoms with E-state index in [0.717, 1.165) is 0 Å². The van der Waals surface area contributed by atoms with E-state index in [9.17, 15) is 52.8 Å². The maximum absolute atomic E-state index is 14.0. The van der Waals surface area contributed by atoms with Gasteiger partial charge in [0.15, 0.2) is 26.9 Å². The van der Waals surface area contributed by atoms with Crippen LogP contribution in [0.1, 0.15) is 22.3 Å². The molecule has 4 N–H and O–H groups in total. The number of benzene rings is 4. The number of nitrogens with one attached hydrogen (secondary N) is 4. The van der Waals surface area contributed by atoms with Gasteiger partial charge in [0.05, 0.1) is 41.8 Å². The van der Waals surface area contributed by atoms with E-state index >= 15 is 0 Å². The van der Waals surface area contributed by atoms with Crippen molar-refractivity contribution in [1.82, 2.24) is 28.0 Å². The topological polar surface area (TPSA) is 355 Å². The quantitative estimate of drug-likeness (QED) is 0.0174. The number of hydrogen-bond acceptors (Lipinski definition) is 20. The Balaban J connectivity index is 0.00000235. The Morgan fingerprint density at radius 2 is 0.765 bits per heavy atom. The Morgan fingerprint density at radius 3 is 1.15 bits per heavy atom. The number of hydrogen-bond donors (Lipinski definition) is 4. The molecule has 6 aliphatic heterocycles. The second-order valence-electron chi connectivity index (χ2n) is 17.4. The third-order valence-electron chi connectivity index (χ3n) is 13.3. The fraction of sp³-hybridized carbons (Fsp3) is 0.102. The molecule has 0 unspecified atom stereocenters. The number of aliphatic imine (C=N–C) groups is 2. The van der Waals surface area contributed by atoms with E-state index in [2.05, 4.69) is 45.2 Å². The minimum absolute atomic E-state index is 0. The van der Waals surface area contributed by atoms with Crippen LogP contribution in [0, 0.1) is 24.3 Å². The monoisotopic (exact) mass is 1530 g/mol. The van der Waals surface area contributed by atoms with Crippen molar-refractivity contribution in [2.75, 3.05) is 26.9 Å². The van der Waals surface area contributed by atoms with E-state index in [4.69, 9.17) is 38.9 Å². The van der Waals surface area contributed by atoms with Gasteiger partial charge in [-0.15, -0.1) is 9.15 Å². The number of rotatable bonds is 20. The number of sulfonamides is 4. The van der Waals surface area contributed by atoms with E-state index in [-0.39, 0.29) is 229 Å². The third kappa shape index (κ3) is 10.6. The molecular weight excluding hydrogens is 1500 g/mol. The van der Waals surface area contributed by atoms with Gasteiger partial charge in [0.1, 0.15) is 23.9 Å². The molecule has 4 radical (unpaired) electrons. The maximum Gasteiger partial charge on any atom is 0.404 e. The molecule has 0 aliphatic carbocycles. The van der Waals surface area contributed by atoms with Crippen LogP contribution in [0.25, 0.3) is 21.5 Å². The van der Waals surface area contributed by atoms with Crippen molar-refractivity contribution < 1.29 is 212 Å². The zero-order chi connectivity index (χ0) is 57.3. The first-order chi connectivity index (χ1) is 38.6. The van der Waals surface area contributed by atoms with Gasteiger partial charge in [0, 0.05) is 152 Å². The Hall–Kier alpha value is -4.86. The summed E-state index contributed by atoms with van der Waals surface area (Å²) in [7, 11) is -18.0. The molecule has 0 saturated carbocycles. The van der Waals surface area contributed by atoms with Gasteiger partial charge in [0.25, 0.3) is 23.3 Å². The summed E-state index contributed by atoms with van der Waals surface area (Å²) in [6, 6.07) is 16.1. The van der Waals surface area contributed by atoms with Crippen LogP contribution in [-0.2, 0) is 215 Å². The van der Waals surface area contributed by atoms with E-state index in [1.807, 2.05) is 24.3 Å². The van der Waals surface area contributed by atoms with Crippen LogP contribution in [0.4, 0.5) is 11.6 Å². The average molecular weight is 1530 g/mol. The fourth-order valence-electron chi connectivity index (χ4n) is 9.89. The molecule has 85 heavy (non-hydrogen) atoms. The summed E-state index contributed by atoms with van der Waals surface area (Å²) < 4.78 is 146. The molecular formula is C49H32N12O16S4Y4-2. The molecule has 2 aromatic heterocycles. The summed E-state index contributed by atoms with van der Waals surface area (Å²) >= 11 is 0. The number of ether oxygens (including phenoxy) is 4. The van der Waals surface area contributed by atoms with Crippen LogP contribution in [0.3, 0.4) is 0 Å². The smallest absolute Gasteiger partial charge is 0.404 e. The average Bonchev–Trinajstić information content (AvgIpc) is 1.51. The van der Waals surface area contributed by atoms with Gasteiger partial charge >= 0.3 is 5.91 Å². The molecule has 0 bridgehead atoms. The van der Waals surface area contributed by atoms with Crippen molar-refractivity contribution in [1.29, 1.82) is 0 Å². The van der Waals surface area contributed by atoms with E-state index in [0.29, 0.717) is 10.9 Å². The minimum atomic E-state index is -4.51. The number of nitrogens with zero attached hydrogens (tertiary/aromatic N) is 8. The second kappa shape index (κ2) is 24.3. The summed E-state index contributed by atoms with van der Waals surface area (Å²) in [5, 5.41) is 0.892. The van der Waals surface area contributed by atoms with E-state index < -0.39 is 96.8 Å². The Kier molecular flexibility index (Phi) is 18.9. The SMILES string of the molecule is C=[C-]C(=O)OCNS(=O)(=O)c1ccc2c(c1)C1=Nc3c4ccc(S(=O)(=O)NCOC(=O)[C-]=C)cc4c4n3[C@]35n6c(c7ccc(S(=O)(=O)NCOC(=O)[C-]=C)cc7c6=NC6=[N+]3C(=N4)c3cc(S(=O)(=O)NCOC(=O)[C-]=C)ccc36)=NC2=[N+]15.[Y].[Y].[Y].[Y]. The molecule has 4 aromatic carbocycles. The van der Waals surface area contributed by atoms with Gasteiger partial charge in [-0.1, -0.05) is 20.0 Å². The molecule has 0 saturated heterocycles. The van der Waals surface area contributed by atoms with Crippen LogP contribution < -0.4 is 29.9 Å². The van der Waals surface area contributed by atoms with Crippen molar-refractivity contribution in [2.24, 2.45) is 20.0 Å². The van der Waals surface area contributed by atoms with Crippen LogP contribution in [0.15, 0.2) is 139 Å². The van der Waals surface area contributed by atoms with Gasteiger partial charge in [-0.05, 0) is 72.8 Å². The summed E-state index contributed by atoms with van der Waals surface area (Å²) in [4.78, 5) is 66.7. The number of esters is 4. The summed E-state index contributed by atoms with van der Waals surface area (Å²) in [5.74, 6) is -5.72. The van der Waals surface area contributed by atoms with Crippen molar-refractivity contribution in [3.8, 4) is 0 Å². The number of amidine groups is 4. The third-order valence-corrected chi connectivity index (χ3v) is 18.8. The van der Waals surface area contributed by atoms with Crippen molar-refractivity contribution in [2.45, 2.75) is 25.5 Å². The molecule has 8 heterocycles. The van der Waals surface area contributed by atoms with Gasteiger partial charge in [-0.25, -0.2) is 33.7 Å². The standard InChI is InChI=1S/C49H32N12O16S4.4Y/c1-5-37(62)74-21-50-78(66,67)25-9-13-29-33(17-25)45-55-43-31-15-11-27(80(70,71)52-23-76-39(64)7-3)19-35(31)47-57-48-36-20-28(81(72,73)53-24-77-40(65)8-4)12-16-32(36)44-56-46-34-18-26(79(68,69)51-22-75-38(63)6-2)10-14-30(34)42-54-41(29)58(45)49(59(42)46,60(43)47)61(44)48;;;;/h9-20,50-53H,1-4,21-24H2;;;;/q-2;;;;. The predicted octanol–water partition coefficient (Wildman–Crippen LogP) is -1.23. The summed E-state index contributed by atoms with van der Waals surface area (Å²) in [6.45, 7) is 9.57. The second-order valence-corrected chi connectivity index (χ2v) is 24.5. The molecule has 12 rings (SSSR count). The van der Waals surface area contributed by atoms with Crippen molar-refractivity contribution in [3.05, 3.63) is 157 Å². The molecule has 1 spiro atoms. The molecule has 28 nitrogen and oxygen atoms in total. The Bertz CT molecular complexity index is 4870. The van der Waals surface area contributed by atoms with Gasteiger partial charge in [-0.2, -0.15) is 28.0 Å². The number of fused-ring (bicyclic) bond motifs is 12. The predicted molar refractivity (Wildman–Crippen MR) is 274 cm³/mol. The Morgan fingerprint density at radius 1 is 0.435 bits per heavy atom. The maximum atomic E-state index is 14.0. The number of carbonyl (C=O) groups excluding carboxylic acids is 4. The Labute approximate surface area is 581 Å². The molecule has 422 valence electrons. The minimum Gasteiger partial charge on any atom is -0.474 e. The van der Waals surface area contributed by atoms with Crippen molar-refractivity contribution in [3.63, 3.8) is 0 Å². The van der Waals surface area contributed by atoms with Gasteiger partial charge < -0.3 is 43.3 Å². The molecule has 36 heteroatoms. The first-order valence-corrected chi connectivity index (χ1v) is 28.9. The largest absolute Gasteiger partial charge is 0.474 e. The first kappa shape index (κ1) is 66.1.